The van der Waals surface area contributed by atoms with Crippen LogP contribution in [0, 0.1) is 0 Å². The third kappa shape index (κ3) is 5.49. The van der Waals surface area contributed by atoms with Gasteiger partial charge in [0.1, 0.15) is 0 Å². The molecule has 0 aliphatic rings. The van der Waals surface area contributed by atoms with E-state index >= 15 is 0 Å². The van der Waals surface area contributed by atoms with Gasteiger partial charge in [-0.1, -0.05) is 37.3 Å². The SMILES string of the molecule is CCOC(=O)Cc1csc(NC(=O)CC(C)c2ccccc2)n1. The zero-order valence-corrected chi connectivity index (χ0v) is 14.1. The lowest BCUT2D eigenvalue weighted by atomic mass is 9.98. The summed E-state index contributed by atoms with van der Waals surface area (Å²) in [4.78, 5) is 27.7. The highest BCUT2D eigenvalue weighted by Gasteiger charge is 2.13. The molecule has 0 saturated carbocycles. The van der Waals surface area contributed by atoms with Gasteiger partial charge >= 0.3 is 5.97 Å². The van der Waals surface area contributed by atoms with Crippen LogP contribution in [-0.2, 0) is 20.7 Å². The molecule has 0 fully saturated rings. The van der Waals surface area contributed by atoms with E-state index in [1.165, 1.54) is 11.3 Å². The van der Waals surface area contributed by atoms with E-state index in [0.717, 1.165) is 5.56 Å². The maximum atomic E-state index is 12.1. The average Bonchev–Trinajstić information content (AvgIpc) is 2.95. The van der Waals surface area contributed by atoms with E-state index < -0.39 is 0 Å². The highest BCUT2D eigenvalue weighted by molar-refractivity contribution is 7.13. The van der Waals surface area contributed by atoms with Gasteiger partial charge < -0.3 is 10.1 Å². The van der Waals surface area contributed by atoms with Crippen LogP contribution in [0.15, 0.2) is 35.7 Å². The van der Waals surface area contributed by atoms with Gasteiger partial charge in [-0.3, -0.25) is 9.59 Å². The molecule has 1 aromatic carbocycles. The first kappa shape index (κ1) is 17.1. The smallest absolute Gasteiger partial charge is 0.311 e. The van der Waals surface area contributed by atoms with Crippen molar-refractivity contribution in [2.45, 2.75) is 32.6 Å². The summed E-state index contributed by atoms with van der Waals surface area (Å²) in [6, 6.07) is 9.91. The van der Waals surface area contributed by atoms with Crippen LogP contribution in [0.1, 0.15) is 37.4 Å². The van der Waals surface area contributed by atoms with Gasteiger partial charge in [-0.25, -0.2) is 4.98 Å². The summed E-state index contributed by atoms with van der Waals surface area (Å²) in [5, 5.41) is 5.05. The Morgan fingerprint density at radius 2 is 2.04 bits per heavy atom. The Kier molecular flexibility index (Phi) is 6.29. The molecule has 23 heavy (non-hydrogen) atoms. The maximum Gasteiger partial charge on any atom is 0.311 e. The second-order valence-corrected chi connectivity index (χ2v) is 6.05. The van der Waals surface area contributed by atoms with Crippen molar-refractivity contribution in [1.82, 2.24) is 4.98 Å². The van der Waals surface area contributed by atoms with Crippen molar-refractivity contribution in [1.29, 1.82) is 0 Å². The number of benzene rings is 1. The topological polar surface area (TPSA) is 68.3 Å². The van der Waals surface area contributed by atoms with Crippen molar-refractivity contribution >= 4 is 28.3 Å². The summed E-state index contributed by atoms with van der Waals surface area (Å²) in [6.45, 7) is 4.13. The van der Waals surface area contributed by atoms with Gasteiger partial charge in [0.05, 0.1) is 18.7 Å². The first-order valence-corrected chi connectivity index (χ1v) is 8.41. The molecule has 6 heteroatoms. The quantitative estimate of drug-likeness (QED) is 0.789. The maximum absolute atomic E-state index is 12.1. The van der Waals surface area contributed by atoms with Crippen molar-refractivity contribution < 1.29 is 14.3 Å². The summed E-state index contributed by atoms with van der Waals surface area (Å²) in [7, 11) is 0. The van der Waals surface area contributed by atoms with E-state index in [0.29, 0.717) is 23.9 Å². The van der Waals surface area contributed by atoms with Gasteiger partial charge in [-0.05, 0) is 18.4 Å². The lowest BCUT2D eigenvalue weighted by Gasteiger charge is -2.10. The second-order valence-electron chi connectivity index (χ2n) is 5.19. The number of nitrogens with zero attached hydrogens (tertiary/aromatic N) is 1. The molecular weight excluding hydrogens is 312 g/mol. The molecule has 1 amide bonds. The Labute approximate surface area is 139 Å². The van der Waals surface area contributed by atoms with Gasteiger partial charge in [-0.15, -0.1) is 11.3 Å². The number of amides is 1. The number of carbonyl (C=O) groups excluding carboxylic acids is 2. The van der Waals surface area contributed by atoms with E-state index in [4.69, 9.17) is 4.74 Å². The molecule has 1 unspecified atom stereocenters. The zero-order valence-electron chi connectivity index (χ0n) is 13.2. The van der Waals surface area contributed by atoms with Crippen LogP contribution in [0.2, 0.25) is 0 Å². The number of carbonyl (C=O) groups is 2. The Morgan fingerprint density at radius 1 is 1.30 bits per heavy atom. The predicted molar refractivity (Wildman–Crippen MR) is 90.6 cm³/mol. The van der Waals surface area contributed by atoms with Crippen LogP contribution >= 0.6 is 11.3 Å². The molecule has 0 bridgehead atoms. The lowest BCUT2D eigenvalue weighted by molar-refractivity contribution is -0.142. The second kappa shape index (κ2) is 8.43. The van der Waals surface area contributed by atoms with E-state index in [9.17, 15) is 9.59 Å². The molecule has 5 nitrogen and oxygen atoms in total. The summed E-state index contributed by atoms with van der Waals surface area (Å²) in [6.07, 6.45) is 0.511. The Bertz CT molecular complexity index is 655. The molecule has 122 valence electrons. The molecule has 1 atom stereocenters. The van der Waals surface area contributed by atoms with E-state index in [-0.39, 0.29) is 24.2 Å². The van der Waals surface area contributed by atoms with Crippen molar-refractivity contribution in [3.63, 3.8) is 0 Å². The van der Waals surface area contributed by atoms with Gasteiger partial charge in [0.15, 0.2) is 5.13 Å². The minimum absolute atomic E-state index is 0.0848. The molecule has 0 radical (unpaired) electrons. The summed E-state index contributed by atoms with van der Waals surface area (Å²) < 4.78 is 4.88. The minimum Gasteiger partial charge on any atom is -0.466 e. The predicted octanol–water partition coefficient (Wildman–Crippen LogP) is 3.38. The molecule has 1 N–H and O–H groups in total. The van der Waals surface area contributed by atoms with E-state index in [1.807, 2.05) is 37.3 Å². The number of nitrogens with one attached hydrogen (secondary N) is 1. The molecule has 0 saturated heterocycles. The average molecular weight is 332 g/mol. The highest BCUT2D eigenvalue weighted by atomic mass is 32.1. The van der Waals surface area contributed by atoms with Crippen molar-refractivity contribution in [3.8, 4) is 0 Å². The highest BCUT2D eigenvalue weighted by Crippen LogP contribution is 2.21. The molecule has 1 heterocycles. The molecule has 2 aromatic rings. The number of aromatic nitrogens is 1. The molecule has 0 aliphatic carbocycles. The molecule has 0 spiro atoms. The zero-order chi connectivity index (χ0) is 16.7. The lowest BCUT2D eigenvalue weighted by Crippen LogP contribution is -2.14. The number of anilines is 1. The Hall–Kier alpha value is -2.21. The minimum atomic E-state index is -0.312. The molecular formula is C17H20N2O3S. The Morgan fingerprint density at radius 3 is 2.74 bits per heavy atom. The van der Waals surface area contributed by atoms with E-state index in [1.54, 1.807) is 12.3 Å². The first-order valence-electron chi connectivity index (χ1n) is 7.53. The molecule has 2 rings (SSSR count). The van der Waals surface area contributed by atoms with Crippen LogP contribution in [0.4, 0.5) is 5.13 Å². The standard InChI is InChI=1S/C17H20N2O3S/c1-3-22-16(21)10-14-11-23-17(18-14)19-15(20)9-12(2)13-7-5-4-6-8-13/h4-8,11-12H,3,9-10H2,1-2H3,(H,18,19,20). The summed E-state index contributed by atoms with van der Waals surface area (Å²) >= 11 is 1.31. The van der Waals surface area contributed by atoms with Crippen LogP contribution in [-0.4, -0.2) is 23.5 Å². The van der Waals surface area contributed by atoms with Crippen molar-refractivity contribution in [2.75, 3.05) is 11.9 Å². The van der Waals surface area contributed by atoms with Crippen molar-refractivity contribution in [3.05, 3.63) is 47.0 Å². The van der Waals surface area contributed by atoms with Gasteiger partial charge in [0, 0.05) is 11.8 Å². The van der Waals surface area contributed by atoms with Gasteiger partial charge in [-0.2, -0.15) is 0 Å². The molecule has 0 aliphatic heterocycles. The van der Waals surface area contributed by atoms with Gasteiger partial charge in [0.25, 0.3) is 0 Å². The number of rotatable bonds is 7. The fraction of sp³-hybridized carbons (Fsp3) is 0.353. The number of hydrogen-bond acceptors (Lipinski definition) is 5. The number of hydrogen-bond donors (Lipinski definition) is 1. The van der Waals surface area contributed by atoms with Crippen LogP contribution in [0.3, 0.4) is 0 Å². The van der Waals surface area contributed by atoms with Gasteiger partial charge in [0.2, 0.25) is 5.91 Å². The normalized spacial score (nSPS) is 11.7. The fourth-order valence-corrected chi connectivity index (χ4v) is 2.88. The van der Waals surface area contributed by atoms with Crippen LogP contribution in [0.5, 0.6) is 0 Å². The monoisotopic (exact) mass is 332 g/mol. The third-order valence-electron chi connectivity index (χ3n) is 3.29. The number of thiazole rings is 1. The number of ether oxygens (including phenoxy) is 1. The largest absolute Gasteiger partial charge is 0.466 e. The van der Waals surface area contributed by atoms with Crippen LogP contribution in [0.25, 0.3) is 0 Å². The number of esters is 1. The third-order valence-corrected chi connectivity index (χ3v) is 4.10. The van der Waals surface area contributed by atoms with Crippen LogP contribution < -0.4 is 5.32 Å². The fourth-order valence-electron chi connectivity index (χ4n) is 2.15. The summed E-state index contributed by atoms with van der Waals surface area (Å²) in [5.41, 5.74) is 1.74. The Balaban J connectivity index is 1.86. The first-order chi connectivity index (χ1) is 11.1. The van der Waals surface area contributed by atoms with E-state index in [2.05, 4.69) is 10.3 Å². The molecule has 1 aromatic heterocycles. The van der Waals surface area contributed by atoms with Crippen molar-refractivity contribution in [2.24, 2.45) is 0 Å². The summed E-state index contributed by atoms with van der Waals surface area (Å²) in [5.74, 6) is -0.262.